The van der Waals surface area contributed by atoms with Crippen molar-refractivity contribution < 1.29 is 8.42 Å². The Morgan fingerprint density at radius 3 is 2.68 bits per heavy atom. The van der Waals surface area contributed by atoms with Crippen LogP contribution < -0.4 is 10.5 Å². The maximum atomic E-state index is 12.2. The Bertz CT molecular complexity index is 522. The van der Waals surface area contributed by atoms with Gasteiger partial charge in [-0.05, 0) is 36.5 Å². The van der Waals surface area contributed by atoms with Crippen molar-refractivity contribution in [3.05, 3.63) is 29.8 Å². The first-order valence-electron chi connectivity index (χ1n) is 6.58. The van der Waals surface area contributed by atoms with Crippen molar-refractivity contribution in [2.75, 3.05) is 17.8 Å². The maximum absolute atomic E-state index is 12.2. The topological polar surface area (TPSA) is 75.4 Å². The van der Waals surface area contributed by atoms with Crippen LogP contribution in [0.4, 0.5) is 5.69 Å². The highest BCUT2D eigenvalue weighted by Gasteiger charge is 2.26. The summed E-state index contributed by atoms with van der Waals surface area (Å²) in [6, 6.07) is 7.19. The van der Waals surface area contributed by atoms with Crippen LogP contribution in [0.5, 0.6) is 0 Å². The molecular weight excluding hydrogens is 262 g/mol. The lowest BCUT2D eigenvalue weighted by Crippen LogP contribution is -2.41. The molecule has 1 heterocycles. The minimum Gasteiger partial charge on any atom is -0.326 e. The minimum atomic E-state index is -3.44. The van der Waals surface area contributed by atoms with Gasteiger partial charge in [-0.2, -0.15) is 12.7 Å². The van der Waals surface area contributed by atoms with Crippen molar-refractivity contribution >= 4 is 15.9 Å². The standard InChI is InChI=1S/C13H21N3O2S/c1-11-5-7-16(8-6-11)19(17,18)15-13-4-2-3-12(9-13)10-14/h2-4,9,11,15H,5-8,10,14H2,1H3. The van der Waals surface area contributed by atoms with Crippen LogP contribution in [0, 0.1) is 5.92 Å². The number of hydrogen-bond acceptors (Lipinski definition) is 3. The van der Waals surface area contributed by atoms with Crippen LogP contribution in [0.25, 0.3) is 0 Å². The fourth-order valence-corrected chi connectivity index (χ4v) is 3.45. The van der Waals surface area contributed by atoms with E-state index >= 15 is 0 Å². The van der Waals surface area contributed by atoms with E-state index in [0.29, 0.717) is 31.2 Å². The van der Waals surface area contributed by atoms with Gasteiger partial charge in [0.1, 0.15) is 0 Å². The molecule has 0 radical (unpaired) electrons. The number of hydrogen-bond donors (Lipinski definition) is 2. The van der Waals surface area contributed by atoms with E-state index in [4.69, 9.17) is 5.73 Å². The molecule has 0 aromatic heterocycles. The lowest BCUT2D eigenvalue weighted by atomic mass is 10.0. The molecule has 1 aromatic rings. The molecule has 6 heteroatoms. The molecule has 0 saturated carbocycles. The van der Waals surface area contributed by atoms with Gasteiger partial charge in [-0.15, -0.1) is 0 Å². The summed E-state index contributed by atoms with van der Waals surface area (Å²) in [4.78, 5) is 0. The second-order valence-electron chi connectivity index (χ2n) is 5.09. The number of piperidine rings is 1. The van der Waals surface area contributed by atoms with Gasteiger partial charge >= 0.3 is 10.2 Å². The average molecular weight is 283 g/mol. The van der Waals surface area contributed by atoms with E-state index in [9.17, 15) is 8.42 Å². The molecule has 1 aliphatic heterocycles. The van der Waals surface area contributed by atoms with Crippen LogP contribution in [0.2, 0.25) is 0 Å². The van der Waals surface area contributed by atoms with Crippen molar-refractivity contribution in [2.24, 2.45) is 11.7 Å². The van der Waals surface area contributed by atoms with E-state index in [2.05, 4.69) is 11.6 Å². The molecule has 0 spiro atoms. The van der Waals surface area contributed by atoms with Crippen molar-refractivity contribution in [1.29, 1.82) is 0 Å². The number of rotatable bonds is 4. The molecule has 2 rings (SSSR count). The van der Waals surface area contributed by atoms with Crippen LogP contribution in [-0.2, 0) is 16.8 Å². The Labute approximate surface area is 115 Å². The highest BCUT2D eigenvalue weighted by atomic mass is 32.2. The smallest absolute Gasteiger partial charge is 0.301 e. The summed E-state index contributed by atoms with van der Waals surface area (Å²) < 4.78 is 28.6. The first-order chi connectivity index (χ1) is 9.01. The third kappa shape index (κ3) is 3.68. The largest absolute Gasteiger partial charge is 0.326 e. The Hall–Kier alpha value is -1.11. The van der Waals surface area contributed by atoms with Crippen molar-refractivity contribution in [1.82, 2.24) is 4.31 Å². The quantitative estimate of drug-likeness (QED) is 0.880. The second kappa shape index (κ2) is 5.90. The SMILES string of the molecule is CC1CCN(S(=O)(=O)Nc2cccc(CN)c2)CC1. The zero-order valence-electron chi connectivity index (χ0n) is 11.2. The van der Waals surface area contributed by atoms with E-state index in [1.54, 1.807) is 18.2 Å². The molecule has 0 amide bonds. The van der Waals surface area contributed by atoms with Gasteiger partial charge in [0.15, 0.2) is 0 Å². The van der Waals surface area contributed by atoms with Gasteiger partial charge in [-0.3, -0.25) is 4.72 Å². The van der Waals surface area contributed by atoms with Crippen LogP contribution in [-0.4, -0.2) is 25.8 Å². The molecule has 1 fully saturated rings. The fourth-order valence-electron chi connectivity index (χ4n) is 2.20. The summed E-state index contributed by atoms with van der Waals surface area (Å²) >= 11 is 0. The number of nitrogens with one attached hydrogen (secondary N) is 1. The fraction of sp³-hybridized carbons (Fsp3) is 0.538. The Balaban J connectivity index is 2.08. The molecule has 3 N–H and O–H groups in total. The third-order valence-electron chi connectivity index (χ3n) is 3.49. The first-order valence-corrected chi connectivity index (χ1v) is 8.02. The van der Waals surface area contributed by atoms with Crippen LogP contribution >= 0.6 is 0 Å². The summed E-state index contributed by atoms with van der Waals surface area (Å²) in [5, 5.41) is 0. The van der Waals surface area contributed by atoms with Crippen molar-refractivity contribution in [3.63, 3.8) is 0 Å². The normalized spacial score (nSPS) is 18.4. The Morgan fingerprint density at radius 1 is 1.37 bits per heavy atom. The van der Waals surface area contributed by atoms with Gasteiger partial charge in [0.2, 0.25) is 0 Å². The number of anilines is 1. The number of nitrogens with two attached hydrogens (primary N) is 1. The molecule has 5 nitrogen and oxygen atoms in total. The third-order valence-corrected chi connectivity index (χ3v) is 5.03. The zero-order chi connectivity index (χ0) is 13.9. The minimum absolute atomic E-state index is 0.400. The van der Waals surface area contributed by atoms with E-state index in [1.165, 1.54) is 4.31 Å². The summed E-state index contributed by atoms with van der Waals surface area (Å²) in [7, 11) is -3.44. The van der Waals surface area contributed by atoms with Gasteiger partial charge in [-0.25, -0.2) is 0 Å². The highest BCUT2D eigenvalue weighted by Crippen LogP contribution is 2.20. The lowest BCUT2D eigenvalue weighted by Gasteiger charge is -2.29. The summed E-state index contributed by atoms with van der Waals surface area (Å²) in [5.74, 6) is 0.604. The molecule has 1 aliphatic rings. The molecule has 1 aromatic carbocycles. The summed E-state index contributed by atoms with van der Waals surface area (Å²) in [6.45, 7) is 3.74. The number of benzene rings is 1. The van der Waals surface area contributed by atoms with Gasteiger partial charge < -0.3 is 5.73 Å². The maximum Gasteiger partial charge on any atom is 0.301 e. The molecule has 106 valence electrons. The van der Waals surface area contributed by atoms with Gasteiger partial charge in [0.25, 0.3) is 0 Å². The van der Waals surface area contributed by atoms with E-state index in [1.807, 2.05) is 6.07 Å². The van der Waals surface area contributed by atoms with Gasteiger partial charge in [-0.1, -0.05) is 19.1 Å². The van der Waals surface area contributed by atoms with Crippen molar-refractivity contribution in [3.8, 4) is 0 Å². The molecule has 1 saturated heterocycles. The van der Waals surface area contributed by atoms with Crippen molar-refractivity contribution in [2.45, 2.75) is 26.3 Å². The van der Waals surface area contributed by atoms with Crippen LogP contribution in [0.15, 0.2) is 24.3 Å². The predicted molar refractivity (Wildman–Crippen MR) is 76.8 cm³/mol. The van der Waals surface area contributed by atoms with E-state index in [0.717, 1.165) is 18.4 Å². The molecule has 0 aliphatic carbocycles. The van der Waals surface area contributed by atoms with Gasteiger partial charge in [0, 0.05) is 19.6 Å². The summed E-state index contributed by atoms with van der Waals surface area (Å²) in [6.07, 6.45) is 1.84. The highest BCUT2D eigenvalue weighted by molar-refractivity contribution is 7.90. The first kappa shape index (κ1) is 14.3. The average Bonchev–Trinajstić information content (AvgIpc) is 2.39. The van der Waals surface area contributed by atoms with E-state index < -0.39 is 10.2 Å². The predicted octanol–water partition coefficient (Wildman–Crippen LogP) is 1.53. The monoisotopic (exact) mass is 283 g/mol. The van der Waals surface area contributed by atoms with E-state index in [-0.39, 0.29) is 0 Å². The molecular formula is C13H21N3O2S. The van der Waals surface area contributed by atoms with Gasteiger partial charge in [0.05, 0.1) is 5.69 Å². The molecule has 0 unspecified atom stereocenters. The van der Waals surface area contributed by atoms with Crippen LogP contribution in [0.3, 0.4) is 0 Å². The molecule has 0 atom stereocenters. The zero-order valence-corrected chi connectivity index (χ0v) is 12.0. The van der Waals surface area contributed by atoms with Crippen LogP contribution in [0.1, 0.15) is 25.3 Å². The summed E-state index contributed by atoms with van der Waals surface area (Å²) in [5.41, 5.74) is 7.03. The molecule has 0 bridgehead atoms. The Morgan fingerprint density at radius 2 is 2.05 bits per heavy atom. The molecule has 19 heavy (non-hydrogen) atoms. The Kier molecular flexibility index (Phi) is 4.44. The lowest BCUT2D eigenvalue weighted by molar-refractivity contribution is 0.289. The number of nitrogens with zero attached hydrogens (tertiary/aromatic N) is 1. The second-order valence-corrected chi connectivity index (χ2v) is 6.76.